The quantitative estimate of drug-likeness (QED) is 0.130. The first kappa shape index (κ1) is 32.4. The van der Waals surface area contributed by atoms with E-state index in [2.05, 4.69) is 206 Å². The third-order valence-electron chi connectivity index (χ3n) is 12.8. The molecule has 1 aromatic heterocycles. The van der Waals surface area contributed by atoms with Crippen molar-refractivity contribution in [2.75, 3.05) is 0 Å². The molecule has 0 amide bonds. The van der Waals surface area contributed by atoms with Crippen LogP contribution in [0.5, 0.6) is 0 Å². The predicted octanol–water partition coefficient (Wildman–Crippen LogP) is 16.7. The number of hydrogen-bond donors (Lipinski definition) is 0. The Bertz CT molecular complexity index is 3840. The van der Waals surface area contributed by atoms with Gasteiger partial charge in [0.2, 0.25) is 0 Å². The normalized spacial score (nSPS) is 12.1. The Hall–Kier alpha value is -7.74. The molecule has 0 unspecified atom stereocenters. The molecule has 1 nitrogen and oxygen atoms in total. The zero-order chi connectivity index (χ0) is 38.6. The fourth-order valence-electron chi connectivity index (χ4n) is 10.2. The van der Waals surface area contributed by atoms with Crippen molar-refractivity contribution in [1.29, 1.82) is 0 Å². The third kappa shape index (κ3) is 4.73. The molecule has 0 spiro atoms. The van der Waals surface area contributed by atoms with Gasteiger partial charge in [-0.25, -0.2) is 0 Å². The van der Waals surface area contributed by atoms with Gasteiger partial charge in [-0.3, -0.25) is 0 Å². The van der Waals surface area contributed by atoms with Gasteiger partial charge in [-0.05, 0) is 134 Å². The summed E-state index contributed by atoms with van der Waals surface area (Å²) in [7, 11) is 0. The second-order valence-electron chi connectivity index (χ2n) is 15.9. The number of fused-ring (bicyclic) bond motifs is 14. The molecular weight excluding hydrogens is 713 g/mol. The summed E-state index contributed by atoms with van der Waals surface area (Å²) < 4.78 is 6.73. The van der Waals surface area contributed by atoms with Gasteiger partial charge in [0.25, 0.3) is 0 Å². The summed E-state index contributed by atoms with van der Waals surface area (Å²) in [5.74, 6) is 0. The predicted molar refractivity (Wildman–Crippen MR) is 253 cm³/mol. The van der Waals surface area contributed by atoms with Crippen molar-refractivity contribution >= 4 is 97.3 Å². The Morgan fingerprint density at radius 1 is 0.254 bits per heavy atom. The summed E-state index contributed by atoms with van der Waals surface area (Å²) in [6.45, 7) is 0. The van der Waals surface area contributed by atoms with Crippen LogP contribution in [0.1, 0.15) is 0 Å². The van der Waals surface area contributed by atoms with Crippen LogP contribution in [0.15, 0.2) is 211 Å². The molecule has 0 fully saturated rings. The first-order valence-electron chi connectivity index (χ1n) is 20.4. The molecule has 59 heavy (non-hydrogen) atoms. The van der Waals surface area contributed by atoms with E-state index in [1.165, 1.54) is 114 Å². The van der Waals surface area contributed by atoms with E-state index in [1.807, 2.05) is 0 Å². The summed E-state index contributed by atoms with van der Waals surface area (Å²) in [4.78, 5) is 0. The van der Waals surface area contributed by atoms with Crippen molar-refractivity contribution in [3.05, 3.63) is 206 Å². The number of rotatable bonds is 3. The highest BCUT2D eigenvalue weighted by atomic mass is 16.3. The molecule has 12 aromatic carbocycles. The molecule has 272 valence electrons. The number of furan rings is 1. The van der Waals surface area contributed by atoms with Gasteiger partial charge in [0.1, 0.15) is 11.2 Å². The van der Waals surface area contributed by atoms with Crippen LogP contribution in [0.4, 0.5) is 0 Å². The zero-order valence-corrected chi connectivity index (χ0v) is 32.0. The molecule has 0 aliphatic rings. The van der Waals surface area contributed by atoms with Crippen molar-refractivity contribution in [2.24, 2.45) is 0 Å². The lowest BCUT2D eigenvalue weighted by Crippen LogP contribution is -1.91. The minimum absolute atomic E-state index is 0.927. The Balaban J connectivity index is 0.969. The van der Waals surface area contributed by atoms with Gasteiger partial charge >= 0.3 is 0 Å². The fourth-order valence-corrected chi connectivity index (χ4v) is 10.2. The average Bonchev–Trinajstić information content (AvgIpc) is 3.71. The smallest absolute Gasteiger partial charge is 0.143 e. The van der Waals surface area contributed by atoms with Crippen molar-refractivity contribution in [1.82, 2.24) is 0 Å². The van der Waals surface area contributed by atoms with E-state index >= 15 is 0 Å². The van der Waals surface area contributed by atoms with Crippen LogP contribution in [-0.2, 0) is 0 Å². The highest BCUT2D eigenvalue weighted by Crippen LogP contribution is 2.47. The maximum Gasteiger partial charge on any atom is 0.143 e. The third-order valence-corrected chi connectivity index (χ3v) is 12.8. The summed E-state index contributed by atoms with van der Waals surface area (Å²) >= 11 is 0. The molecule has 0 saturated heterocycles. The molecule has 13 rings (SSSR count). The van der Waals surface area contributed by atoms with Gasteiger partial charge in [-0.2, -0.15) is 0 Å². The summed E-state index contributed by atoms with van der Waals surface area (Å²) in [6, 6.07) is 75.8. The SMILES string of the molecule is c1ccc2c(-c3c4ccccc4c(-c4ccc5cc(-c6ccc7c(c6)c6ccccc6c6c7oc7ccc8ccccc8c76)ccc5c4)c4ccccc34)cccc2c1. The highest BCUT2D eigenvalue weighted by Gasteiger charge is 2.20. The van der Waals surface area contributed by atoms with Crippen LogP contribution in [0.3, 0.4) is 0 Å². The largest absolute Gasteiger partial charge is 0.455 e. The average molecular weight is 747 g/mol. The standard InChI is InChI=1S/C58H34O/c1-3-15-42-35(12-1)14-11-23-45(42)55-49-21-9-7-19-47(49)54(48-20-8-10-22-50(48)55)41-27-26-37-32-38(24-25-39(37)33-41)40-28-30-51-52(34-40)44-17-5-6-18-46(44)57-56-43-16-4-2-13-36(43)29-31-53(56)59-58(51)57/h1-34H. The van der Waals surface area contributed by atoms with E-state index in [0.29, 0.717) is 0 Å². The number of hydrogen-bond acceptors (Lipinski definition) is 1. The maximum absolute atomic E-state index is 6.73. The fraction of sp³-hybridized carbons (Fsp3) is 0. The first-order valence-corrected chi connectivity index (χ1v) is 20.4. The van der Waals surface area contributed by atoms with Gasteiger partial charge < -0.3 is 4.42 Å². The molecule has 1 heteroatoms. The summed E-state index contributed by atoms with van der Waals surface area (Å²) in [5.41, 5.74) is 9.33. The van der Waals surface area contributed by atoms with E-state index in [1.54, 1.807) is 0 Å². The minimum Gasteiger partial charge on any atom is -0.455 e. The van der Waals surface area contributed by atoms with Crippen molar-refractivity contribution < 1.29 is 4.42 Å². The lowest BCUT2D eigenvalue weighted by Gasteiger charge is -2.19. The second-order valence-corrected chi connectivity index (χ2v) is 15.9. The van der Waals surface area contributed by atoms with Crippen LogP contribution in [0, 0.1) is 0 Å². The topological polar surface area (TPSA) is 13.1 Å². The van der Waals surface area contributed by atoms with Crippen LogP contribution in [-0.4, -0.2) is 0 Å². The molecule has 0 N–H and O–H groups in total. The Labute approximate surface area is 340 Å². The number of benzene rings is 12. The first-order chi connectivity index (χ1) is 29.3. The highest BCUT2D eigenvalue weighted by molar-refractivity contribution is 6.34. The molecule has 0 saturated carbocycles. The van der Waals surface area contributed by atoms with Crippen LogP contribution in [0.2, 0.25) is 0 Å². The van der Waals surface area contributed by atoms with E-state index in [-0.39, 0.29) is 0 Å². The van der Waals surface area contributed by atoms with E-state index in [9.17, 15) is 0 Å². The molecule has 0 bridgehead atoms. The Kier molecular flexibility index (Phi) is 6.79. The molecule has 1 heterocycles. The van der Waals surface area contributed by atoms with Gasteiger partial charge in [0, 0.05) is 16.2 Å². The second kappa shape index (κ2) is 12.4. The van der Waals surface area contributed by atoms with Gasteiger partial charge in [0.15, 0.2) is 0 Å². The lowest BCUT2D eigenvalue weighted by molar-refractivity contribution is 0.673. The monoisotopic (exact) mass is 746 g/mol. The molecule has 0 aliphatic carbocycles. The Morgan fingerprint density at radius 2 is 0.763 bits per heavy atom. The van der Waals surface area contributed by atoms with Gasteiger partial charge in [-0.1, -0.05) is 176 Å². The summed E-state index contributed by atoms with van der Waals surface area (Å²) in [6.07, 6.45) is 0. The van der Waals surface area contributed by atoms with Crippen molar-refractivity contribution in [2.45, 2.75) is 0 Å². The van der Waals surface area contributed by atoms with Gasteiger partial charge in [-0.15, -0.1) is 0 Å². The van der Waals surface area contributed by atoms with Crippen molar-refractivity contribution in [3.8, 4) is 33.4 Å². The van der Waals surface area contributed by atoms with Crippen LogP contribution in [0.25, 0.3) is 131 Å². The van der Waals surface area contributed by atoms with Gasteiger partial charge in [0.05, 0.1) is 0 Å². The summed E-state index contributed by atoms with van der Waals surface area (Å²) in [5, 5.41) is 19.7. The Morgan fingerprint density at radius 3 is 1.49 bits per heavy atom. The molecule has 0 radical (unpaired) electrons. The van der Waals surface area contributed by atoms with Crippen LogP contribution < -0.4 is 0 Å². The lowest BCUT2D eigenvalue weighted by atomic mass is 9.84. The van der Waals surface area contributed by atoms with E-state index in [0.717, 1.165) is 16.6 Å². The van der Waals surface area contributed by atoms with Crippen LogP contribution >= 0.6 is 0 Å². The maximum atomic E-state index is 6.73. The van der Waals surface area contributed by atoms with E-state index in [4.69, 9.17) is 4.42 Å². The van der Waals surface area contributed by atoms with E-state index < -0.39 is 0 Å². The molecular formula is C58H34O. The molecule has 13 aromatic rings. The zero-order valence-electron chi connectivity index (χ0n) is 32.0. The minimum atomic E-state index is 0.927. The molecule has 0 atom stereocenters. The molecule has 0 aliphatic heterocycles. The van der Waals surface area contributed by atoms with Crippen molar-refractivity contribution in [3.63, 3.8) is 0 Å².